The topological polar surface area (TPSA) is 99.3 Å². The summed E-state index contributed by atoms with van der Waals surface area (Å²) in [6.45, 7) is 1.14. The van der Waals surface area contributed by atoms with E-state index in [0.717, 1.165) is 25.0 Å². The second-order valence-corrected chi connectivity index (χ2v) is 7.16. The number of carbonyl (C=O) groups is 1. The van der Waals surface area contributed by atoms with Crippen LogP contribution in [0.4, 0.5) is 4.39 Å². The van der Waals surface area contributed by atoms with Gasteiger partial charge >= 0.3 is 0 Å². The average molecular weight is 328 g/mol. The zero-order valence-electron chi connectivity index (χ0n) is 11.7. The molecule has 1 amide bonds. The lowest BCUT2D eigenvalue weighted by Gasteiger charge is -2.12. The van der Waals surface area contributed by atoms with Gasteiger partial charge in [0.1, 0.15) is 10.7 Å². The summed E-state index contributed by atoms with van der Waals surface area (Å²) in [7, 11) is -3.94. The molecule has 3 rings (SSSR count). The fraction of sp³-hybridized carbons (Fsp3) is 0.462. The van der Waals surface area contributed by atoms with Crippen molar-refractivity contribution in [3.63, 3.8) is 0 Å². The molecule has 9 heteroatoms. The standard InChI is InChI=1S/C13H17FN4O3S/c14-11-4-1-8(13(19)17-10-6-15-16-7-10)5-12(11)22(20,21)18-9-2-3-9/h1,4-5,9-10,15-16,18H,2-3,6-7H2,(H,17,19). The van der Waals surface area contributed by atoms with Gasteiger partial charge in [0, 0.05) is 24.7 Å². The van der Waals surface area contributed by atoms with E-state index in [1.165, 1.54) is 6.07 Å². The Kier molecular flexibility index (Phi) is 4.13. The SMILES string of the molecule is O=C(NC1CNNC1)c1ccc(F)c(S(=O)(=O)NC2CC2)c1. The molecular formula is C13H17FN4O3S. The third kappa shape index (κ3) is 3.43. The van der Waals surface area contributed by atoms with Gasteiger partial charge in [-0.1, -0.05) is 0 Å². The molecule has 4 N–H and O–H groups in total. The minimum absolute atomic E-state index is 0.0952. The van der Waals surface area contributed by atoms with Gasteiger partial charge < -0.3 is 5.32 Å². The molecule has 2 fully saturated rings. The molecule has 0 spiro atoms. The third-order valence-corrected chi connectivity index (χ3v) is 5.07. The van der Waals surface area contributed by atoms with Crippen LogP contribution in [0.1, 0.15) is 23.2 Å². The van der Waals surface area contributed by atoms with Crippen LogP contribution in [0, 0.1) is 5.82 Å². The van der Waals surface area contributed by atoms with Crippen LogP contribution in [0.3, 0.4) is 0 Å². The molecule has 1 aliphatic carbocycles. The summed E-state index contributed by atoms with van der Waals surface area (Å²) in [5.74, 6) is -1.30. The van der Waals surface area contributed by atoms with Crippen LogP contribution in [0.25, 0.3) is 0 Å². The van der Waals surface area contributed by atoms with E-state index < -0.39 is 26.6 Å². The van der Waals surface area contributed by atoms with Crippen molar-refractivity contribution >= 4 is 15.9 Å². The molecule has 2 aliphatic rings. The lowest BCUT2D eigenvalue weighted by atomic mass is 10.2. The number of carbonyl (C=O) groups excluding carboxylic acids is 1. The summed E-state index contributed by atoms with van der Waals surface area (Å²) in [4.78, 5) is 11.6. The summed E-state index contributed by atoms with van der Waals surface area (Å²) < 4.78 is 40.5. The van der Waals surface area contributed by atoms with E-state index in [4.69, 9.17) is 0 Å². The maximum absolute atomic E-state index is 13.8. The molecule has 1 aromatic rings. The summed E-state index contributed by atoms with van der Waals surface area (Å²) >= 11 is 0. The Morgan fingerprint density at radius 1 is 1.18 bits per heavy atom. The Morgan fingerprint density at radius 2 is 1.86 bits per heavy atom. The monoisotopic (exact) mass is 328 g/mol. The molecule has 1 aromatic carbocycles. The zero-order chi connectivity index (χ0) is 15.7. The Labute approximate surface area is 127 Å². The predicted molar refractivity (Wildman–Crippen MR) is 77.0 cm³/mol. The first-order chi connectivity index (χ1) is 10.5. The Balaban J connectivity index is 1.80. The number of rotatable bonds is 5. The van der Waals surface area contributed by atoms with Gasteiger partial charge in [-0.15, -0.1) is 0 Å². The van der Waals surface area contributed by atoms with E-state index in [-0.39, 0.29) is 17.6 Å². The number of hydrazine groups is 1. The van der Waals surface area contributed by atoms with Crippen LogP contribution in [-0.4, -0.2) is 39.5 Å². The van der Waals surface area contributed by atoms with E-state index in [1.807, 2.05) is 0 Å². The molecule has 120 valence electrons. The number of hydrogen-bond acceptors (Lipinski definition) is 5. The van der Waals surface area contributed by atoms with Crippen molar-refractivity contribution in [2.45, 2.75) is 29.8 Å². The first kappa shape index (κ1) is 15.3. The molecule has 7 nitrogen and oxygen atoms in total. The molecule has 22 heavy (non-hydrogen) atoms. The Morgan fingerprint density at radius 3 is 2.50 bits per heavy atom. The number of amides is 1. The van der Waals surface area contributed by atoms with Crippen LogP contribution >= 0.6 is 0 Å². The van der Waals surface area contributed by atoms with Gasteiger partial charge in [-0.25, -0.2) is 17.5 Å². The van der Waals surface area contributed by atoms with Crippen molar-refractivity contribution in [3.8, 4) is 0 Å². The van der Waals surface area contributed by atoms with Gasteiger partial charge in [-0.05, 0) is 31.0 Å². The molecule has 0 bridgehead atoms. The largest absolute Gasteiger partial charge is 0.347 e. The third-order valence-electron chi connectivity index (χ3n) is 3.54. The van der Waals surface area contributed by atoms with E-state index in [9.17, 15) is 17.6 Å². The average Bonchev–Trinajstić information content (AvgIpc) is 3.11. The maximum Gasteiger partial charge on any atom is 0.251 e. The molecule has 1 saturated carbocycles. The van der Waals surface area contributed by atoms with Gasteiger partial charge in [0.25, 0.3) is 5.91 Å². The first-order valence-corrected chi connectivity index (χ1v) is 8.52. The highest BCUT2D eigenvalue weighted by Gasteiger charge is 2.30. The second kappa shape index (κ2) is 5.92. The van der Waals surface area contributed by atoms with Gasteiger partial charge in [-0.3, -0.25) is 15.6 Å². The summed E-state index contributed by atoms with van der Waals surface area (Å²) in [5, 5.41) is 2.74. The minimum Gasteiger partial charge on any atom is -0.347 e. The van der Waals surface area contributed by atoms with Crippen molar-refractivity contribution in [2.24, 2.45) is 0 Å². The summed E-state index contributed by atoms with van der Waals surface area (Å²) in [5.41, 5.74) is 5.86. The van der Waals surface area contributed by atoms with Crippen LogP contribution < -0.4 is 20.9 Å². The molecule has 1 heterocycles. The number of nitrogens with one attached hydrogen (secondary N) is 4. The molecule has 0 atom stereocenters. The number of sulfonamides is 1. The number of halogens is 1. The van der Waals surface area contributed by atoms with Crippen molar-refractivity contribution in [1.29, 1.82) is 0 Å². The summed E-state index contributed by atoms with van der Waals surface area (Å²) in [6, 6.07) is 3.13. The van der Waals surface area contributed by atoms with Crippen molar-refractivity contribution in [2.75, 3.05) is 13.1 Å². The number of hydrogen-bond donors (Lipinski definition) is 4. The molecule has 0 unspecified atom stereocenters. The van der Waals surface area contributed by atoms with E-state index >= 15 is 0 Å². The van der Waals surface area contributed by atoms with Crippen LogP contribution in [0.15, 0.2) is 23.1 Å². The highest BCUT2D eigenvalue weighted by Crippen LogP contribution is 2.24. The molecular weight excluding hydrogens is 311 g/mol. The zero-order valence-corrected chi connectivity index (χ0v) is 12.5. The predicted octanol–water partition coefficient (Wildman–Crippen LogP) is -0.527. The minimum atomic E-state index is -3.94. The van der Waals surface area contributed by atoms with Gasteiger partial charge in [0.15, 0.2) is 0 Å². The smallest absolute Gasteiger partial charge is 0.251 e. The maximum atomic E-state index is 13.8. The first-order valence-electron chi connectivity index (χ1n) is 7.04. The quantitative estimate of drug-likeness (QED) is 0.582. The summed E-state index contributed by atoms with van der Waals surface area (Å²) in [6.07, 6.45) is 1.51. The van der Waals surface area contributed by atoms with Crippen LogP contribution in [-0.2, 0) is 10.0 Å². The van der Waals surface area contributed by atoms with Crippen LogP contribution in [0.2, 0.25) is 0 Å². The molecule has 0 aromatic heterocycles. The fourth-order valence-electron chi connectivity index (χ4n) is 2.17. The van der Waals surface area contributed by atoms with Gasteiger partial charge in [0.05, 0.1) is 6.04 Å². The van der Waals surface area contributed by atoms with E-state index in [1.54, 1.807) is 0 Å². The number of benzene rings is 1. The van der Waals surface area contributed by atoms with E-state index in [2.05, 4.69) is 20.9 Å². The lowest BCUT2D eigenvalue weighted by molar-refractivity contribution is 0.0941. The van der Waals surface area contributed by atoms with Gasteiger partial charge in [0.2, 0.25) is 10.0 Å². The van der Waals surface area contributed by atoms with E-state index in [0.29, 0.717) is 13.1 Å². The second-order valence-electron chi connectivity index (χ2n) is 5.47. The van der Waals surface area contributed by atoms with Crippen molar-refractivity contribution in [1.82, 2.24) is 20.9 Å². The van der Waals surface area contributed by atoms with Gasteiger partial charge in [-0.2, -0.15) is 0 Å². The highest BCUT2D eigenvalue weighted by atomic mass is 32.2. The normalized spacial score (nSPS) is 19.3. The molecule has 1 saturated heterocycles. The molecule has 1 aliphatic heterocycles. The van der Waals surface area contributed by atoms with Crippen LogP contribution in [0.5, 0.6) is 0 Å². The Hall–Kier alpha value is -1.55. The molecule has 0 radical (unpaired) electrons. The van der Waals surface area contributed by atoms with Crippen molar-refractivity contribution < 1.29 is 17.6 Å². The highest BCUT2D eigenvalue weighted by molar-refractivity contribution is 7.89. The lowest BCUT2D eigenvalue weighted by Crippen LogP contribution is -2.38. The van der Waals surface area contributed by atoms with Crippen molar-refractivity contribution in [3.05, 3.63) is 29.6 Å². The Bertz CT molecular complexity index is 685. The fourth-order valence-corrected chi connectivity index (χ4v) is 3.58.